The fourth-order valence-corrected chi connectivity index (χ4v) is 4.21. The Balaban J connectivity index is 3.44. The van der Waals surface area contributed by atoms with E-state index in [1.54, 1.807) is 14.0 Å². The summed E-state index contributed by atoms with van der Waals surface area (Å²) < 4.78 is 10.9. The number of benzene rings is 1. The van der Waals surface area contributed by atoms with Crippen molar-refractivity contribution >= 4 is 41.9 Å². The molecule has 7 heteroatoms. The van der Waals surface area contributed by atoms with Gasteiger partial charge in [-0.25, -0.2) is 0 Å². The first kappa shape index (κ1) is 25.2. The molecular weight excluding hydrogens is 489 g/mol. The average molecular weight is 521 g/mol. The van der Waals surface area contributed by atoms with Crippen molar-refractivity contribution in [2.24, 2.45) is 5.73 Å². The van der Waals surface area contributed by atoms with Crippen LogP contribution >= 0.6 is 30.1 Å². The lowest BCUT2D eigenvalue weighted by Gasteiger charge is -2.24. The topological polar surface area (TPSA) is 78.6 Å². The molecular formula is C21H32INO4S. The number of carbonyl (C=O) groups is 2. The second-order valence-electron chi connectivity index (χ2n) is 7.43. The van der Waals surface area contributed by atoms with Gasteiger partial charge in [0, 0.05) is 12.3 Å². The van der Waals surface area contributed by atoms with Crippen LogP contribution < -0.4 is 10.5 Å². The monoisotopic (exact) mass is 521 g/mol. The zero-order chi connectivity index (χ0) is 21.4. The van der Waals surface area contributed by atoms with E-state index >= 15 is 0 Å². The third kappa shape index (κ3) is 6.91. The number of ether oxygens (including phenoxy) is 2. The van der Waals surface area contributed by atoms with Crippen LogP contribution in [0.4, 0.5) is 0 Å². The van der Waals surface area contributed by atoms with E-state index in [9.17, 15) is 9.59 Å². The Bertz CT molecular complexity index is 649. The number of ketones is 1. The lowest BCUT2D eigenvalue weighted by atomic mass is 9.84. The normalized spacial score (nSPS) is 13.5. The molecule has 0 spiro atoms. The molecule has 2 atom stereocenters. The van der Waals surface area contributed by atoms with E-state index in [1.807, 2.05) is 21.2 Å². The Morgan fingerprint density at radius 1 is 1.11 bits per heavy atom. The highest BCUT2D eigenvalue weighted by Gasteiger charge is 2.26. The smallest absolute Gasteiger partial charge is 0.306 e. The highest BCUT2D eigenvalue weighted by molar-refractivity contribution is 14.2. The molecule has 5 nitrogen and oxygen atoms in total. The van der Waals surface area contributed by atoms with E-state index in [-0.39, 0.29) is 42.3 Å². The van der Waals surface area contributed by atoms with Crippen molar-refractivity contribution < 1.29 is 19.1 Å². The van der Waals surface area contributed by atoms with Crippen LogP contribution in [0.5, 0.6) is 5.75 Å². The van der Waals surface area contributed by atoms with Crippen LogP contribution in [0, 0.1) is 0 Å². The zero-order valence-corrected chi connectivity index (χ0v) is 20.6. The molecule has 0 aliphatic carbocycles. The molecule has 0 amide bonds. The highest BCUT2D eigenvalue weighted by Crippen LogP contribution is 2.39. The van der Waals surface area contributed by atoms with Crippen LogP contribution in [0.2, 0.25) is 0 Å². The molecule has 2 unspecified atom stereocenters. The Morgan fingerprint density at radius 3 is 2.04 bits per heavy atom. The number of halogens is 1. The Labute approximate surface area is 185 Å². The molecule has 0 radical (unpaired) electrons. The fourth-order valence-electron chi connectivity index (χ4n) is 3.17. The molecule has 0 saturated carbocycles. The maximum atomic E-state index is 12.5. The highest BCUT2D eigenvalue weighted by atomic mass is 127. The van der Waals surface area contributed by atoms with Gasteiger partial charge in [-0.2, -0.15) is 0 Å². The van der Waals surface area contributed by atoms with Gasteiger partial charge in [0.1, 0.15) is 11.1 Å². The van der Waals surface area contributed by atoms with E-state index in [1.165, 1.54) is 8.93 Å². The molecule has 158 valence electrons. The van der Waals surface area contributed by atoms with Crippen LogP contribution in [0.25, 0.3) is 0 Å². The predicted molar refractivity (Wildman–Crippen MR) is 124 cm³/mol. The van der Waals surface area contributed by atoms with Crippen molar-refractivity contribution in [3.63, 3.8) is 0 Å². The van der Waals surface area contributed by atoms with Gasteiger partial charge in [0.2, 0.25) is 0 Å². The minimum Gasteiger partial charge on any atom is -0.496 e. The summed E-state index contributed by atoms with van der Waals surface area (Å²) in [7, 11) is 2.97. The standard InChI is InChI=1S/C21H32INO4S/c1-7-27-19(25)11-15(10-18(24)21(23)28-22)14-8-16(12(2)3)20(26-6)17(9-14)13(4)5/h8-9,12-13,15,21H,7,10-11,23H2,1-6H3. The summed E-state index contributed by atoms with van der Waals surface area (Å²) in [6.45, 7) is 10.5. The number of hydrogen-bond acceptors (Lipinski definition) is 6. The number of methoxy groups -OCH3 is 1. The number of nitrogens with two attached hydrogens (primary N) is 1. The molecule has 0 bridgehead atoms. The van der Waals surface area contributed by atoms with Crippen molar-refractivity contribution in [2.75, 3.05) is 13.7 Å². The van der Waals surface area contributed by atoms with Gasteiger partial charge < -0.3 is 15.2 Å². The summed E-state index contributed by atoms with van der Waals surface area (Å²) >= 11 is 2.03. The second kappa shape index (κ2) is 12.0. The summed E-state index contributed by atoms with van der Waals surface area (Å²) in [6.07, 6.45) is 0.358. The molecule has 0 aliphatic heterocycles. The van der Waals surface area contributed by atoms with Gasteiger partial charge in [0.05, 0.1) is 20.1 Å². The summed E-state index contributed by atoms with van der Waals surface area (Å²) in [5, 5.41) is -0.599. The molecule has 0 heterocycles. The van der Waals surface area contributed by atoms with E-state index in [0.29, 0.717) is 6.61 Å². The maximum Gasteiger partial charge on any atom is 0.306 e. The average Bonchev–Trinajstić information content (AvgIpc) is 2.65. The van der Waals surface area contributed by atoms with E-state index in [2.05, 4.69) is 39.8 Å². The molecule has 1 aromatic rings. The molecule has 2 N–H and O–H groups in total. The molecule has 0 aromatic heterocycles. The second-order valence-corrected chi connectivity index (χ2v) is 9.64. The Morgan fingerprint density at radius 2 is 1.64 bits per heavy atom. The zero-order valence-electron chi connectivity index (χ0n) is 17.6. The number of Topliss-reactive ketones (excluding diaryl/α,β-unsaturated/α-hetero) is 1. The quantitative estimate of drug-likeness (QED) is 0.242. The van der Waals surface area contributed by atoms with Crippen LogP contribution in [-0.2, 0) is 14.3 Å². The fraction of sp³-hybridized carbons (Fsp3) is 0.619. The van der Waals surface area contributed by atoms with Gasteiger partial charge in [-0.15, -0.1) is 0 Å². The number of rotatable bonds is 11. The summed E-state index contributed by atoms with van der Waals surface area (Å²) in [4.78, 5) is 24.7. The molecule has 0 saturated heterocycles. The van der Waals surface area contributed by atoms with Crippen LogP contribution in [0.1, 0.15) is 81.9 Å². The number of hydrogen-bond donors (Lipinski definition) is 1. The minimum absolute atomic E-state index is 0.0679. The van der Waals surface area contributed by atoms with Crippen LogP contribution in [0.3, 0.4) is 0 Å². The van der Waals surface area contributed by atoms with E-state index in [0.717, 1.165) is 22.4 Å². The first-order valence-corrected chi connectivity index (χ1v) is 13.0. The molecule has 0 aliphatic rings. The number of carbonyl (C=O) groups excluding carboxylic acids is 2. The van der Waals surface area contributed by atoms with Crippen molar-refractivity contribution in [3.8, 4) is 5.75 Å². The van der Waals surface area contributed by atoms with Crippen LogP contribution in [-0.4, -0.2) is 30.8 Å². The summed E-state index contributed by atoms with van der Waals surface area (Å²) in [5.74, 6) is 0.735. The molecule has 1 aromatic carbocycles. The van der Waals surface area contributed by atoms with Gasteiger partial charge in [-0.1, -0.05) is 48.8 Å². The van der Waals surface area contributed by atoms with Crippen molar-refractivity contribution in [1.82, 2.24) is 0 Å². The molecule has 0 fully saturated rings. The molecule has 28 heavy (non-hydrogen) atoms. The Kier molecular flexibility index (Phi) is 10.8. The summed E-state index contributed by atoms with van der Waals surface area (Å²) in [6, 6.07) is 4.13. The summed E-state index contributed by atoms with van der Waals surface area (Å²) in [5.41, 5.74) is 9.02. The third-order valence-corrected chi connectivity index (χ3v) is 6.77. The van der Waals surface area contributed by atoms with Crippen molar-refractivity contribution in [2.45, 2.75) is 70.6 Å². The maximum absolute atomic E-state index is 12.5. The largest absolute Gasteiger partial charge is 0.496 e. The SMILES string of the molecule is CCOC(=O)CC(CC(=O)C(N)SI)c1cc(C(C)C)c(OC)c(C(C)C)c1. The lowest BCUT2D eigenvalue weighted by Crippen LogP contribution is -2.28. The first-order valence-electron chi connectivity index (χ1n) is 9.59. The molecule has 1 rings (SSSR count). The first-order chi connectivity index (χ1) is 13.2. The lowest BCUT2D eigenvalue weighted by molar-refractivity contribution is -0.143. The van der Waals surface area contributed by atoms with Gasteiger partial charge in [0.25, 0.3) is 0 Å². The van der Waals surface area contributed by atoms with Crippen LogP contribution in [0.15, 0.2) is 12.1 Å². The van der Waals surface area contributed by atoms with Crippen molar-refractivity contribution in [3.05, 3.63) is 28.8 Å². The van der Waals surface area contributed by atoms with E-state index in [4.69, 9.17) is 15.2 Å². The van der Waals surface area contributed by atoms with E-state index < -0.39 is 5.37 Å². The van der Waals surface area contributed by atoms with Gasteiger partial charge in [0.15, 0.2) is 5.78 Å². The number of esters is 1. The van der Waals surface area contributed by atoms with Crippen molar-refractivity contribution in [1.29, 1.82) is 0 Å². The van der Waals surface area contributed by atoms with Gasteiger partial charge >= 0.3 is 5.97 Å². The van der Waals surface area contributed by atoms with Gasteiger partial charge in [-0.05, 0) is 56.7 Å². The van der Waals surface area contributed by atoms with Gasteiger partial charge in [-0.3, -0.25) is 9.59 Å². The Hall–Kier alpha value is -0.800. The third-order valence-electron chi connectivity index (χ3n) is 4.67. The minimum atomic E-state index is -0.599. The predicted octanol–water partition coefficient (Wildman–Crippen LogP) is 5.31.